The molecule has 0 spiro atoms. The number of hydrogen-bond acceptors (Lipinski definition) is 5. The summed E-state index contributed by atoms with van der Waals surface area (Å²) in [5.41, 5.74) is 2.29. The van der Waals surface area contributed by atoms with Crippen molar-refractivity contribution in [3.8, 4) is 5.69 Å². The first-order chi connectivity index (χ1) is 13.3. The first-order valence-electron chi connectivity index (χ1n) is 9.35. The van der Waals surface area contributed by atoms with Crippen molar-refractivity contribution in [1.82, 2.24) is 19.8 Å². The first-order valence-corrected chi connectivity index (χ1v) is 11.2. The van der Waals surface area contributed by atoms with Gasteiger partial charge in [-0.15, -0.1) is 0 Å². The van der Waals surface area contributed by atoms with E-state index in [-0.39, 0.29) is 23.1 Å². The molecule has 0 N–H and O–H groups in total. The van der Waals surface area contributed by atoms with Crippen molar-refractivity contribution in [2.24, 2.45) is 0 Å². The fraction of sp³-hybridized carbons (Fsp3) is 0.474. The number of amides is 1. The third-order valence-electron chi connectivity index (χ3n) is 5.41. The monoisotopic (exact) mass is 406 g/mol. The van der Waals surface area contributed by atoms with Crippen LogP contribution in [0.1, 0.15) is 34.6 Å². The molecule has 2 aliphatic rings. The van der Waals surface area contributed by atoms with Crippen molar-refractivity contribution in [3.05, 3.63) is 47.0 Å². The van der Waals surface area contributed by atoms with Crippen LogP contribution in [-0.2, 0) is 22.7 Å². The van der Waals surface area contributed by atoms with E-state index in [0.29, 0.717) is 18.5 Å². The summed E-state index contributed by atoms with van der Waals surface area (Å²) in [4.78, 5) is 13.4. The lowest BCUT2D eigenvalue weighted by molar-refractivity contribution is 0.000333. The summed E-state index contributed by atoms with van der Waals surface area (Å²) < 4.78 is 39.7. The Morgan fingerprint density at radius 3 is 2.64 bits per heavy atom. The van der Waals surface area contributed by atoms with Crippen LogP contribution in [0.5, 0.6) is 0 Å². The molecule has 0 bridgehead atoms. The molecule has 2 heterocycles. The number of carbonyl (C=O) groups is 1. The molecule has 1 aliphatic carbocycles. The molecule has 1 fully saturated rings. The van der Waals surface area contributed by atoms with Gasteiger partial charge in [-0.05, 0) is 37.8 Å². The second kappa shape index (κ2) is 6.97. The molecule has 2 aromatic rings. The normalized spacial score (nSPS) is 20.5. The van der Waals surface area contributed by atoms with Gasteiger partial charge < -0.3 is 0 Å². The Balaban J connectivity index is 1.75. The summed E-state index contributed by atoms with van der Waals surface area (Å²) in [6.07, 6.45) is 2.71. The lowest BCUT2D eigenvalue weighted by Gasteiger charge is -2.33. The van der Waals surface area contributed by atoms with E-state index in [4.69, 9.17) is 0 Å². The molecule has 1 aromatic carbocycles. The van der Waals surface area contributed by atoms with Crippen molar-refractivity contribution in [1.29, 1.82) is 0 Å². The fourth-order valence-corrected chi connectivity index (χ4v) is 5.87. The van der Waals surface area contributed by atoms with E-state index >= 15 is 0 Å². The van der Waals surface area contributed by atoms with Crippen molar-refractivity contribution < 1.29 is 17.6 Å². The Bertz CT molecular complexity index is 1030. The lowest BCUT2D eigenvalue weighted by Crippen LogP contribution is -2.49. The molecule has 9 heteroatoms. The molecule has 150 valence electrons. The molecule has 1 amide bonds. The third-order valence-corrected chi connectivity index (χ3v) is 7.16. The summed E-state index contributed by atoms with van der Waals surface area (Å²) in [5.74, 6) is -0.699. The number of nitrogens with zero attached hydrogens (tertiary/aromatic N) is 4. The average Bonchev–Trinajstić information content (AvgIpc) is 3.30. The molecule has 0 saturated carbocycles. The van der Waals surface area contributed by atoms with Crippen molar-refractivity contribution in [3.63, 3.8) is 0 Å². The largest absolute Gasteiger partial charge is 0.289 e. The van der Waals surface area contributed by atoms with Gasteiger partial charge in [0.1, 0.15) is 11.5 Å². The number of benzene rings is 1. The average molecular weight is 406 g/mol. The van der Waals surface area contributed by atoms with E-state index in [1.54, 1.807) is 37.3 Å². The number of halogens is 1. The highest BCUT2D eigenvalue weighted by molar-refractivity contribution is 7.91. The molecule has 28 heavy (non-hydrogen) atoms. The zero-order valence-electron chi connectivity index (χ0n) is 15.9. The van der Waals surface area contributed by atoms with Crippen LogP contribution < -0.4 is 0 Å². The van der Waals surface area contributed by atoms with Crippen LogP contribution in [-0.4, -0.2) is 65.8 Å². The highest BCUT2D eigenvalue weighted by Crippen LogP contribution is 2.30. The second-order valence-corrected chi connectivity index (χ2v) is 9.77. The molecule has 1 atom stereocenters. The maximum Gasteiger partial charge on any atom is 0.289 e. The van der Waals surface area contributed by atoms with Crippen LogP contribution in [0.3, 0.4) is 0 Å². The van der Waals surface area contributed by atoms with Crippen LogP contribution in [0.25, 0.3) is 5.69 Å². The molecular weight excluding hydrogens is 383 g/mol. The maximum absolute atomic E-state index is 14.3. The van der Waals surface area contributed by atoms with E-state index in [9.17, 15) is 17.6 Å². The van der Waals surface area contributed by atoms with Crippen molar-refractivity contribution in [2.45, 2.75) is 31.7 Å². The Morgan fingerprint density at radius 2 is 2.00 bits per heavy atom. The Kier molecular flexibility index (Phi) is 4.75. The van der Waals surface area contributed by atoms with Gasteiger partial charge in [-0.25, -0.2) is 22.5 Å². The van der Waals surface area contributed by atoms with Crippen LogP contribution in [0.15, 0.2) is 24.3 Å². The molecule has 1 aromatic heterocycles. The molecule has 1 saturated heterocycles. The molecule has 0 radical (unpaired) electrons. The van der Waals surface area contributed by atoms with Gasteiger partial charge in [-0.2, -0.15) is 5.10 Å². The second-order valence-electron chi connectivity index (χ2n) is 7.54. The van der Waals surface area contributed by atoms with E-state index < -0.39 is 21.7 Å². The molecule has 1 aliphatic heterocycles. The maximum atomic E-state index is 14.3. The van der Waals surface area contributed by atoms with E-state index in [0.717, 1.165) is 24.1 Å². The van der Waals surface area contributed by atoms with Gasteiger partial charge in [-0.1, -0.05) is 12.1 Å². The standard InChI is InChI=1S/C19H23FN4O3S/c1-22(2)24(13-10-11-28(26,27)12-13)19(25)18-14-6-5-9-16(14)23(21-18)17-8-4-3-7-15(17)20/h3-4,7-8,13H,5-6,9-12H2,1-2H3. The molecule has 7 nitrogen and oxygen atoms in total. The van der Waals surface area contributed by atoms with E-state index in [1.165, 1.54) is 15.8 Å². The fourth-order valence-electron chi connectivity index (χ4n) is 4.18. The Morgan fingerprint density at radius 1 is 1.25 bits per heavy atom. The number of hydrogen-bond donors (Lipinski definition) is 0. The van der Waals surface area contributed by atoms with Gasteiger partial charge in [0.25, 0.3) is 5.91 Å². The minimum atomic E-state index is -3.14. The van der Waals surface area contributed by atoms with Gasteiger partial charge in [0, 0.05) is 25.4 Å². The summed E-state index contributed by atoms with van der Waals surface area (Å²) in [7, 11) is 0.298. The van der Waals surface area contributed by atoms with Crippen LogP contribution in [0.4, 0.5) is 4.39 Å². The van der Waals surface area contributed by atoms with Crippen molar-refractivity contribution >= 4 is 15.7 Å². The Hall–Kier alpha value is -2.26. The number of rotatable bonds is 4. The number of hydrazine groups is 1. The summed E-state index contributed by atoms with van der Waals surface area (Å²) in [6, 6.07) is 5.95. The van der Waals surface area contributed by atoms with Gasteiger partial charge in [0.05, 0.1) is 17.5 Å². The predicted octanol–water partition coefficient (Wildman–Crippen LogP) is 1.61. The highest BCUT2D eigenvalue weighted by Gasteiger charge is 2.39. The molecule has 4 rings (SSSR count). The predicted molar refractivity (Wildman–Crippen MR) is 102 cm³/mol. The summed E-state index contributed by atoms with van der Waals surface area (Å²) >= 11 is 0. The SMILES string of the molecule is CN(C)N(C(=O)c1nn(-c2ccccc2F)c2c1CCC2)C1CCS(=O)(=O)C1. The number of para-hydroxylation sites is 1. The zero-order chi connectivity index (χ0) is 20.1. The number of carbonyl (C=O) groups excluding carboxylic acids is 1. The quantitative estimate of drug-likeness (QED) is 0.721. The summed E-state index contributed by atoms with van der Waals surface area (Å²) in [6.45, 7) is 0. The minimum Gasteiger partial charge on any atom is -0.266 e. The summed E-state index contributed by atoms with van der Waals surface area (Å²) in [5, 5.41) is 7.59. The van der Waals surface area contributed by atoms with Gasteiger partial charge in [0.2, 0.25) is 0 Å². The Labute approximate surface area is 163 Å². The zero-order valence-corrected chi connectivity index (χ0v) is 16.7. The third kappa shape index (κ3) is 3.22. The highest BCUT2D eigenvalue weighted by atomic mass is 32.2. The first kappa shape index (κ1) is 19.1. The number of sulfone groups is 1. The van der Waals surface area contributed by atoms with Crippen LogP contribution >= 0.6 is 0 Å². The smallest absolute Gasteiger partial charge is 0.266 e. The molecule has 1 unspecified atom stereocenters. The minimum absolute atomic E-state index is 0.0485. The lowest BCUT2D eigenvalue weighted by atomic mass is 10.1. The van der Waals surface area contributed by atoms with Gasteiger partial charge in [-0.3, -0.25) is 9.80 Å². The van der Waals surface area contributed by atoms with E-state index in [1.807, 2.05) is 0 Å². The topological polar surface area (TPSA) is 75.5 Å². The van der Waals surface area contributed by atoms with Crippen LogP contribution in [0.2, 0.25) is 0 Å². The van der Waals surface area contributed by atoms with Gasteiger partial charge >= 0.3 is 0 Å². The van der Waals surface area contributed by atoms with E-state index in [2.05, 4.69) is 5.10 Å². The number of aromatic nitrogens is 2. The molecular formula is C19H23FN4O3S. The van der Waals surface area contributed by atoms with Crippen LogP contribution in [0, 0.1) is 5.82 Å². The van der Waals surface area contributed by atoms with Crippen molar-refractivity contribution in [2.75, 3.05) is 25.6 Å². The number of fused-ring (bicyclic) bond motifs is 1. The van der Waals surface area contributed by atoms with Gasteiger partial charge in [0.15, 0.2) is 15.5 Å².